The van der Waals surface area contributed by atoms with Crippen LogP contribution < -0.4 is 11.2 Å². The summed E-state index contributed by atoms with van der Waals surface area (Å²) >= 11 is 1.25. The lowest BCUT2D eigenvalue weighted by Crippen LogP contribution is -2.22. The number of para-hydroxylation sites is 2. The molecule has 0 radical (unpaired) electrons. The Balaban J connectivity index is 1.30. The van der Waals surface area contributed by atoms with Crippen LogP contribution in [0.15, 0.2) is 123 Å². The predicted octanol–water partition coefficient (Wildman–Crippen LogP) is 6.45. The molecule has 0 saturated carbocycles. The molecule has 12 nitrogen and oxygen atoms in total. The third-order valence-electron chi connectivity index (χ3n) is 8.36. The van der Waals surface area contributed by atoms with E-state index in [1.54, 1.807) is 36.6 Å². The van der Waals surface area contributed by atoms with Gasteiger partial charge in [0.1, 0.15) is 21.8 Å². The molecule has 0 fully saturated rings. The van der Waals surface area contributed by atoms with E-state index in [9.17, 15) is 14.4 Å². The Kier molecular flexibility index (Phi) is 6.74. The van der Waals surface area contributed by atoms with Crippen molar-refractivity contribution in [2.24, 2.45) is 0 Å². The van der Waals surface area contributed by atoms with E-state index < -0.39 is 17.2 Å². The largest absolute Gasteiger partial charge is 0.460 e. The van der Waals surface area contributed by atoms with Crippen LogP contribution in [0.25, 0.3) is 71.9 Å². The monoisotopic (exact) mass is 677 g/mol. The van der Waals surface area contributed by atoms with E-state index in [1.165, 1.54) is 20.7 Å². The molecule has 9 rings (SSSR count). The highest BCUT2D eigenvalue weighted by atomic mass is 32.1. The topological polar surface area (TPSA) is 139 Å². The minimum atomic E-state index is -0.770. The molecule has 50 heavy (non-hydrogen) atoms. The number of hydrogen-bond acceptors (Lipinski definition) is 10. The van der Waals surface area contributed by atoms with Gasteiger partial charge < -0.3 is 9.15 Å². The molecular formula is C37H23N7O5S. The lowest BCUT2D eigenvalue weighted by molar-refractivity contribution is 0.0509. The van der Waals surface area contributed by atoms with Crippen LogP contribution in [0.1, 0.15) is 17.5 Å². The Morgan fingerprint density at radius 2 is 1.54 bits per heavy atom. The number of fused-ring (bicyclic) bond motifs is 5. The number of hydrogen-bond donors (Lipinski definition) is 0. The highest BCUT2D eigenvalue weighted by molar-refractivity contribution is 7.13. The van der Waals surface area contributed by atoms with Gasteiger partial charge in [-0.3, -0.25) is 4.79 Å². The SMILES string of the molecule is CCOC(=O)c1nn(-c2ccccc2)c2nc3c(-c4nc(-c5cc6c(ccc7ccccc76)oc5=O)cs4)nn(-c4ccccc4)c3c(=O)n12. The fourth-order valence-corrected chi connectivity index (χ4v) is 6.90. The van der Waals surface area contributed by atoms with E-state index in [0.29, 0.717) is 38.9 Å². The van der Waals surface area contributed by atoms with Crippen LogP contribution in [0.3, 0.4) is 0 Å². The molecule has 0 saturated heterocycles. The van der Waals surface area contributed by atoms with Crippen LogP contribution in [-0.4, -0.2) is 46.5 Å². The molecule has 0 aliphatic heterocycles. The summed E-state index contributed by atoms with van der Waals surface area (Å²) in [7, 11) is 0. The van der Waals surface area contributed by atoms with Crippen molar-refractivity contribution in [3.05, 3.63) is 135 Å². The number of aromatic nitrogens is 7. The van der Waals surface area contributed by atoms with Gasteiger partial charge in [-0.2, -0.15) is 9.78 Å². The molecule has 0 aliphatic rings. The summed E-state index contributed by atoms with van der Waals surface area (Å²) in [4.78, 5) is 50.7. The van der Waals surface area contributed by atoms with Gasteiger partial charge in [-0.1, -0.05) is 66.7 Å². The van der Waals surface area contributed by atoms with Crippen LogP contribution in [-0.2, 0) is 4.74 Å². The summed E-state index contributed by atoms with van der Waals surface area (Å²) in [5.41, 5.74) is 1.90. The molecule has 0 aliphatic carbocycles. The second-order valence-electron chi connectivity index (χ2n) is 11.3. The van der Waals surface area contributed by atoms with Crippen molar-refractivity contribution < 1.29 is 13.9 Å². The van der Waals surface area contributed by atoms with Crippen LogP contribution in [0.2, 0.25) is 0 Å². The van der Waals surface area contributed by atoms with Crippen LogP contribution in [0, 0.1) is 0 Å². The molecule has 0 N–H and O–H groups in total. The van der Waals surface area contributed by atoms with Gasteiger partial charge >= 0.3 is 11.6 Å². The Bertz CT molecular complexity index is 2910. The number of ether oxygens (including phenoxy) is 1. The fourth-order valence-electron chi connectivity index (χ4n) is 6.10. The number of rotatable bonds is 6. The minimum Gasteiger partial charge on any atom is -0.460 e. The molecule has 0 unspecified atom stereocenters. The Labute approximate surface area is 285 Å². The van der Waals surface area contributed by atoms with Gasteiger partial charge in [-0.15, -0.1) is 16.4 Å². The van der Waals surface area contributed by atoms with Crippen LogP contribution >= 0.6 is 11.3 Å². The molecule has 242 valence electrons. The first-order valence-electron chi connectivity index (χ1n) is 15.6. The maximum Gasteiger partial charge on any atom is 0.376 e. The van der Waals surface area contributed by atoms with Crippen molar-refractivity contribution in [1.82, 2.24) is 33.9 Å². The summed E-state index contributed by atoms with van der Waals surface area (Å²) in [6.07, 6.45) is 0. The lowest BCUT2D eigenvalue weighted by atomic mass is 10.0. The first-order chi connectivity index (χ1) is 24.5. The quantitative estimate of drug-likeness (QED) is 0.110. The average Bonchev–Trinajstić information content (AvgIpc) is 3.89. The van der Waals surface area contributed by atoms with E-state index in [-0.39, 0.29) is 29.2 Å². The van der Waals surface area contributed by atoms with Gasteiger partial charge in [0.25, 0.3) is 5.56 Å². The standard InChI is InChI=1S/C37H23N7O5S/c1-2-48-36(47)32-41-44(23-14-7-4-8-15-23)37-39-29-30(40-43(22-12-5-3-6-13-22)31(29)34(45)42(32)37)33-38-27(20-50-33)26-19-25-24-16-10-9-11-21(24)17-18-28(25)49-35(26)46/h3-20H,2H2,1H3. The molecule has 0 spiro atoms. The van der Waals surface area contributed by atoms with Gasteiger partial charge in [-0.05, 0) is 54.1 Å². The molecule has 4 aromatic carbocycles. The van der Waals surface area contributed by atoms with Crippen molar-refractivity contribution in [1.29, 1.82) is 0 Å². The van der Waals surface area contributed by atoms with E-state index in [2.05, 4.69) is 5.10 Å². The number of carbonyl (C=O) groups is 1. The number of thiazole rings is 1. The molecule has 5 aromatic heterocycles. The Hall–Kier alpha value is -6.73. The van der Waals surface area contributed by atoms with E-state index in [4.69, 9.17) is 24.2 Å². The van der Waals surface area contributed by atoms with Crippen LogP contribution in [0.5, 0.6) is 0 Å². The number of nitrogens with zero attached hydrogens (tertiary/aromatic N) is 7. The molecule has 9 aromatic rings. The van der Waals surface area contributed by atoms with Crippen molar-refractivity contribution >= 4 is 55.9 Å². The zero-order chi connectivity index (χ0) is 33.9. The number of esters is 1. The lowest BCUT2D eigenvalue weighted by Gasteiger charge is -2.04. The van der Waals surface area contributed by atoms with Gasteiger partial charge in [-0.25, -0.2) is 28.6 Å². The van der Waals surface area contributed by atoms with E-state index in [1.807, 2.05) is 78.9 Å². The summed E-state index contributed by atoms with van der Waals surface area (Å²) in [5, 5.41) is 14.3. The second-order valence-corrected chi connectivity index (χ2v) is 12.2. The maximum atomic E-state index is 14.5. The third-order valence-corrected chi connectivity index (χ3v) is 9.21. The van der Waals surface area contributed by atoms with Gasteiger partial charge in [0.05, 0.1) is 29.2 Å². The number of carbonyl (C=O) groups excluding carboxylic acids is 1. The summed E-state index contributed by atoms with van der Waals surface area (Å²) in [5.74, 6) is -0.906. The smallest absolute Gasteiger partial charge is 0.376 e. The Morgan fingerprint density at radius 1 is 0.820 bits per heavy atom. The zero-order valence-electron chi connectivity index (χ0n) is 26.2. The van der Waals surface area contributed by atoms with Gasteiger partial charge in [0.2, 0.25) is 11.6 Å². The molecule has 0 bridgehead atoms. The molecule has 5 heterocycles. The highest BCUT2D eigenvalue weighted by Gasteiger charge is 2.28. The average molecular weight is 678 g/mol. The van der Waals surface area contributed by atoms with Gasteiger partial charge in [0, 0.05) is 10.8 Å². The van der Waals surface area contributed by atoms with Crippen LogP contribution in [0.4, 0.5) is 0 Å². The summed E-state index contributed by atoms with van der Waals surface area (Å²) < 4.78 is 15.1. The fraction of sp³-hybridized carbons (Fsp3) is 0.0541. The first kappa shape index (κ1) is 29.4. The normalized spacial score (nSPS) is 11.6. The molecule has 0 atom stereocenters. The molecular weight excluding hydrogens is 655 g/mol. The molecule has 13 heteroatoms. The van der Waals surface area contributed by atoms with Crippen molar-refractivity contribution in [3.63, 3.8) is 0 Å². The first-order valence-corrected chi connectivity index (χ1v) is 16.5. The zero-order valence-corrected chi connectivity index (χ0v) is 27.0. The second kappa shape index (κ2) is 11.5. The summed E-state index contributed by atoms with van der Waals surface area (Å²) in [6.45, 7) is 1.77. The predicted molar refractivity (Wildman–Crippen MR) is 189 cm³/mol. The number of benzene rings is 4. The maximum absolute atomic E-state index is 14.5. The summed E-state index contributed by atoms with van der Waals surface area (Å²) in [6, 6.07) is 31.6. The molecule has 0 amide bonds. The van der Waals surface area contributed by atoms with E-state index >= 15 is 0 Å². The van der Waals surface area contributed by atoms with Crippen molar-refractivity contribution in [2.45, 2.75) is 6.92 Å². The minimum absolute atomic E-state index is 0.0875. The van der Waals surface area contributed by atoms with E-state index in [0.717, 1.165) is 20.6 Å². The third kappa shape index (κ3) is 4.55. The van der Waals surface area contributed by atoms with Crippen molar-refractivity contribution in [3.8, 4) is 33.3 Å². The van der Waals surface area contributed by atoms with Gasteiger partial charge in [0.15, 0.2) is 5.52 Å². The Morgan fingerprint density at radius 3 is 2.30 bits per heavy atom. The highest BCUT2D eigenvalue weighted by Crippen LogP contribution is 2.34. The van der Waals surface area contributed by atoms with Crippen molar-refractivity contribution in [2.75, 3.05) is 6.61 Å².